The molecule has 0 aromatic heterocycles. The van der Waals surface area contributed by atoms with Gasteiger partial charge in [-0.05, 0) is 33.6 Å². The summed E-state index contributed by atoms with van der Waals surface area (Å²) < 4.78 is 5.47. The second kappa shape index (κ2) is 6.07. The van der Waals surface area contributed by atoms with Gasteiger partial charge >= 0.3 is 5.97 Å². The van der Waals surface area contributed by atoms with Crippen molar-refractivity contribution in [2.45, 2.75) is 65.9 Å². The monoisotopic (exact) mass is 226 g/mol. The molecule has 0 aliphatic carbocycles. The largest absolute Gasteiger partial charge is 0.459 e. The Kier molecular flexibility index (Phi) is 5.77. The van der Waals surface area contributed by atoms with Crippen LogP contribution >= 0.6 is 0 Å². The molecule has 0 saturated carbocycles. The molecule has 0 aliphatic heterocycles. The highest BCUT2D eigenvalue weighted by atomic mass is 16.6. The molecule has 0 aliphatic rings. The van der Waals surface area contributed by atoms with Crippen molar-refractivity contribution in [1.29, 1.82) is 0 Å². The summed E-state index contributed by atoms with van der Waals surface area (Å²) in [5.41, 5.74) is -0.921. The van der Waals surface area contributed by atoms with Crippen LogP contribution in [0.3, 0.4) is 0 Å². The van der Waals surface area contributed by atoms with Crippen molar-refractivity contribution in [2.75, 3.05) is 0 Å². The molecule has 0 amide bonds. The van der Waals surface area contributed by atoms with Gasteiger partial charge < -0.3 is 4.74 Å². The molecule has 94 valence electrons. The Labute approximate surface area is 100 Å². The average molecular weight is 226 g/mol. The second-order valence-corrected chi connectivity index (χ2v) is 5.32. The van der Waals surface area contributed by atoms with Crippen LogP contribution in [0.15, 0.2) is 12.7 Å². The summed E-state index contributed by atoms with van der Waals surface area (Å²) in [6.07, 6.45) is 5.46. The fourth-order valence-electron chi connectivity index (χ4n) is 1.62. The molecule has 1 unspecified atom stereocenters. The van der Waals surface area contributed by atoms with Crippen LogP contribution in [0.5, 0.6) is 0 Å². The summed E-state index contributed by atoms with van der Waals surface area (Å²) in [6, 6.07) is 0. The molecule has 0 aromatic rings. The summed E-state index contributed by atoms with van der Waals surface area (Å²) in [7, 11) is 0. The molecule has 2 heteroatoms. The van der Waals surface area contributed by atoms with Crippen molar-refractivity contribution in [3.05, 3.63) is 12.7 Å². The Bertz CT molecular complexity index is 238. The van der Waals surface area contributed by atoms with E-state index in [0.29, 0.717) is 0 Å². The van der Waals surface area contributed by atoms with Gasteiger partial charge in [-0.25, -0.2) is 0 Å². The zero-order chi connectivity index (χ0) is 12.8. The maximum Gasteiger partial charge on any atom is 0.316 e. The van der Waals surface area contributed by atoms with Gasteiger partial charge in [-0.3, -0.25) is 4.79 Å². The van der Waals surface area contributed by atoms with Gasteiger partial charge in [0.1, 0.15) is 5.60 Å². The molecule has 1 atom stereocenters. The predicted molar refractivity (Wildman–Crippen MR) is 68.3 cm³/mol. The number of esters is 1. The van der Waals surface area contributed by atoms with E-state index in [-0.39, 0.29) is 5.97 Å². The van der Waals surface area contributed by atoms with Crippen LogP contribution in [-0.4, -0.2) is 11.6 Å². The number of hydrogen-bond acceptors (Lipinski definition) is 2. The molecule has 0 radical (unpaired) electrons. The van der Waals surface area contributed by atoms with E-state index in [1.54, 1.807) is 6.08 Å². The number of unbranched alkanes of at least 4 members (excludes halogenated alkanes) is 1. The average Bonchev–Trinajstić information content (AvgIpc) is 2.17. The zero-order valence-electron chi connectivity index (χ0n) is 11.4. The van der Waals surface area contributed by atoms with E-state index in [9.17, 15) is 4.79 Å². The number of carbonyl (C=O) groups is 1. The summed E-state index contributed by atoms with van der Waals surface area (Å²) in [5.74, 6) is -0.133. The van der Waals surface area contributed by atoms with E-state index < -0.39 is 11.0 Å². The Hall–Kier alpha value is -0.790. The standard InChI is InChI=1S/C14H26O2/c1-7-10-11-14(8-2,9-3)12(15)16-13(4,5)6/h8H,2,7,9-11H2,1,3-6H3. The topological polar surface area (TPSA) is 26.3 Å². The van der Waals surface area contributed by atoms with Crippen molar-refractivity contribution in [2.24, 2.45) is 5.41 Å². The van der Waals surface area contributed by atoms with Gasteiger partial charge in [-0.1, -0.05) is 32.8 Å². The molecule has 0 spiro atoms. The minimum Gasteiger partial charge on any atom is -0.459 e. The first-order valence-electron chi connectivity index (χ1n) is 6.18. The Morgan fingerprint density at radius 2 is 1.88 bits per heavy atom. The van der Waals surface area contributed by atoms with Crippen molar-refractivity contribution in [1.82, 2.24) is 0 Å². The van der Waals surface area contributed by atoms with Crippen molar-refractivity contribution < 1.29 is 9.53 Å². The number of ether oxygens (including phenoxy) is 1. The van der Waals surface area contributed by atoms with Gasteiger partial charge in [0.05, 0.1) is 5.41 Å². The molecule has 16 heavy (non-hydrogen) atoms. The minimum absolute atomic E-state index is 0.133. The summed E-state index contributed by atoms with van der Waals surface area (Å²) in [6.45, 7) is 13.6. The van der Waals surface area contributed by atoms with E-state index >= 15 is 0 Å². The van der Waals surface area contributed by atoms with Gasteiger partial charge in [0.2, 0.25) is 0 Å². The Morgan fingerprint density at radius 1 is 1.31 bits per heavy atom. The number of carbonyl (C=O) groups excluding carboxylic acids is 1. The molecule has 0 fully saturated rings. The van der Waals surface area contributed by atoms with Crippen LogP contribution in [0.25, 0.3) is 0 Å². The van der Waals surface area contributed by atoms with E-state index in [4.69, 9.17) is 4.74 Å². The smallest absolute Gasteiger partial charge is 0.316 e. The molecule has 0 aromatic carbocycles. The SMILES string of the molecule is C=CC(CC)(CCCC)C(=O)OC(C)(C)C. The molecule has 0 bridgehead atoms. The quantitative estimate of drug-likeness (QED) is 0.503. The van der Waals surface area contributed by atoms with E-state index in [1.165, 1.54) is 0 Å². The third-order valence-corrected chi connectivity index (χ3v) is 2.80. The molecule has 0 rings (SSSR count). The normalized spacial score (nSPS) is 15.3. The van der Waals surface area contributed by atoms with E-state index in [0.717, 1.165) is 25.7 Å². The summed E-state index contributed by atoms with van der Waals surface area (Å²) >= 11 is 0. The molecular weight excluding hydrogens is 200 g/mol. The number of hydrogen-bond donors (Lipinski definition) is 0. The maximum atomic E-state index is 12.2. The first-order chi connectivity index (χ1) is 7.31. The molecule has 0 heterocycles. The lowest BCUT2D eigenvalue weighted by atomic mass is 9.80. The Balaban J connectivity index is 4.75. The lowest BCUT2D eigenvalue weighted by Crippen LogP contribution is -2.36. The lowest BCUT2D eigenvalue weighted by Gasteiger charge is -2.31. The van der Waals surface area contributed by atoms with Crippen molar-refractivity contribution in [3.63, 3.8) is 0 Å². The highest BCUT2D eigenvalue weighted by molar-refractivity contribution is 5.79. The third kappa shape index (κ3) is 4.38. The lowest BCUT2D eigenvalue weighted by molar-refractivity contribution is -0.165. The predicted octanol–water partition coefficient (Wildman–Crippen LogP) is 4.10. The first kappa shape index (κ1) is 15.2. The fourth-order valence-corrected chi connectivity index (χ4v) is 1.62. The van der Waals surface area contributed by atoms with E-state index in [1.807, 2.05) is 27.7 Å². The fraction of sp³-hybridized carbons (Fsp3) is 0.786. The van der Waals surface area contributed by atoms with Gasteiger partial charge in [-0.2, -0.15) is 0 Å². The molecule has 0 saturated heterocycles. The Morgan fingerprint density at radius 3 is 2.19 bits per heavy atom. The highest BCUT2D eigenvalue weighted by Crippen LogP contribution is 2.33. The number of rotatable bonds is 6. The van der Waals surface area contributed by atoms with Crippen molar-refractivity contribution >= 4 is 5.97 Å². The van der Waals surface area contributed by atoms with Crippen LogP contribution in [-0.2, 0) is 9.53 Å². The minimum atomic E-state index is -0.497. The van der Waals surface area contributed by atoms with Crippen molar-refractivity contribution in [3.8, 4) is 0 Å². The van der Waals surface area contributed by atoms with Crippen LogP contribution in [0, 0.1) is 5.41 Å². The second-order valence-electron chi connectivity index (χ2n) is 5.32. The summed E-state index contributed by atoms with van der Waals surface area (Å²) in [4.78, 5) is 12.2. The van der Waals surface area contributed by atoms with Gasteiger partial charge in [0.15, 0.2) is 0 Å². The maximum absolute atomic E-state index is 12.2. The van der Waals surface area contributed by atoms with Crippen LogP contribution in [0.1, 0.15) is 60.3 Å². The van der Waals surface area contributed by atoms with Gasteiger partial charge in [0, 0.05) is 0 Å². The first-order valence-corrected chi connectivity index (χ1v) is 6.18. The molecule has 2 nitrogen and oxygen atoms in total. The highest BCUT2D eigenvalue weighted by Gasteiger charge is 2.36. The van der Waals surface area contributed by atoms with E-state index in [2.05, 4.69) is 13.5 Å². The molecular formula is C14H26O2. The van der Waals surface area contributed by atoms with Crippen LogP contribution in [0.2, 0.25) is 0 Å². The van der Waals surface area contributed by atoms with Crippen LogP contribution < -0.4 is 0 Å². The third-order valence-electron chi connectivity index (χ3n) is 2.80. The van der Waals surface area contributed by atoms with Crippen LogP contribution in [0.4, 0.5) is 0 Å². The van der Waals surface area contributed by atoms with Gasteiger partial charge in [0.25, 0.3) is 0 Å². The summed E-state index contributed by atoms with van der Waals surface area (Å²) in [5, 5.41) is 0. The molecule has 0 N–H and O–H groups in total. The zero-order valence-corrected chi connectivity index (χ0v) is 11.4. The van der Waals surface area contributed by atoms with Gasteiger partial charge in [-0.15, -0.1) is 6.58 Å².